The number of hydrogen-bond acceptors (Lipinski definition) is 0. The zero-order valence-electron chi connectivity index (χ0n) is 16.9. The Hall–Kier alpha value is -2.90. The van der Waals surface area contributed by atoms with E-state index in [1.165, 1.54) is 33.6 Å². The van der Waals surface area contributed by atoms with Crippen LogP contribution in [0.5, 0.6) is 0 Å². The third-order valence-corrected chi connectivity index (χ3v) is 5.38. The van der Waals surface area contributed by atoms with E-state index in [-0.39, 0.29) is 12.4 Å². The number of halogens is 1. The maximum absolute atomic E-state index is 2.50. The number of hydrogen-bond donors (Lipinski definition) is 0. The molecule has 4 rings (SSSR count). The number of nitrogens with zero attached hydrogens (tertiary/aromatic N) is 1. The first-order valence-electron chi connectivity index (χ1n) is 10.0. The molecule has 0 aliphatic rings. The van der Waals surface area contributed by atoms with Gasteiger partial charge in [-0.25, -0.2) is 0 Å². The quantitative estimate of drug-likeness (QED) is 0.447. The van der Waals surface area contributed by atoms with E-state index in [1.807, 2.05) is 0 Å². The molecule has 1 atom stereocenters. The van der Waals surface area contributed by atoms with Gasteiger partial charge < -0.3 is 12.4 Å². The summed E-state index contributed by atoms with van der Waals surface area (Å²) < 4.78 is 2.50. The molecule has 0 aliphatic heterocycles. The van der Waals surface area contributed by atoms with Crippen molar-refractivity contribution in [3.05, 3.63) is 103 Å². The molecule has 2 heteroatoms. The Balaban J connectivity index is 0.00000240. The SMILES string of the molecule is CCC(C)[n+]1c(-c2ccccc2)cc(-c2ccccc2)cc1-c1ccccc1.[Cl-]. The van der Waals surface area contributed by atoms with Gasteiger partial charge in [0.2, 0.25) is 11.4 Å². The second-order valence-corrected chi connectivity index (χ2v) is 7.24. The third-order valence-electron chi connectivity index (χ3n) is 5.38. The maximum Gasteiger partial charge on any atom is 0.213 e. The van der Waals surface area contributed by atoms with Gasteiger partial charge >= 0.3 is 0 Å². The molecule has 3 aromatic carbocycles. The van der Waals surface area contributed by atoms with Crippen LogP contribution >= 0.6 is 0 Å². The van der Waals surface area contributed by atoms with E-state index in [1.54, 1.807) is 0 Å². The Morgan fingerprint density at radius 2 is 0.966 bits per heavy atom. The number of aromatic nitrogens is 1. The van der Waals surface area contributed by atoms with Gasteiger partial charge in [0.05, 0.1) is 0 Å². The van der Waals surface area contributed by atoms with E-state index in [0.717, 1.165) is 6.42 Å². The van der Waals surface area contributed by atoms with E-state index in [9.17, 15) is 0 Å². The van der Waals surface area contributed by atoms with Gasteiger partial charge in [0.15, 0.2) is 6.04 Å². The van der Waals surface area contributed by atoms with Crippen LogP contribution in [0.1, 0.15) is 26.3 Å². The van der Waals surface area contributed by atoms with Crippen molar-refractivity contribution in [3.8, 4) is 33.6 Å². The summed E-state index contributed by atoms with van der Waals surface area (Å²) in [5, 5.41) is 0. The molecule has 0 amide bonds. The molecule has 0 saturated heterocycles. The largest absolute Gasteiger partial charge is 1.00 e. The van der Waals surface area contributed by atoms with Crippen molar-refractivity contribution in [1.29, 1.82) is 0 Å². The Morgan fingerprint density at radius 1 is 0.586 bits per heavy atom. The Morgan fingerprint density at radius 3 is 1.34 bits per heavy atom. The van der Waals surface area contributed by atoms with Gasteiger partial charge in [0.1, 0.15) is 0 Å². The van der Waals surface area contributed by atoms with Crippen LogP contribution in [-0.4, -0.2) is 0 Å². The molecule has 0 N–H and O–H groups in total. The molecule has 146 valence electrons. The summed E-state index contributed by atoms with van der Waals surface area (Å²) in [6.07, 6.45) is 1.08. The standard InChI is InChI=1S/C27H26N.ClH/c1-3-21(2)28-26(23-15-9-5-10-16-23)19-25(22-13-7-4-8-14-22)20-27(28)24-17-11-6-12-18-24;/h4-21H,3H2,1-2H3;1H/q+1;/p-1. The van der Waals surface area contributed by atoms with Crippen LogP contribution in [0.3, 0.4) is 0 Å². The smallest absolute Gasteiger partial charge is 0.213 e. The fraction of sp³-hybridized carbons (Fsp3) is 0.148. The van der Waals surface area contributed by atoms with Crippen molar-refractivity contribution in [2.45, 2.75) is 26.3 Å². The van der Waals surface area contributed by atoms with Crippen LogP contribution < -0.4 is 17.0 Å². The fourth-order valence-corrected chi connectivity index (χ4v) is 3.72. The third kappa shape index (κ3) is 4.41. The second kappa shape index (κ2) is 9.54. The van der Waals surface area contributed by atoms with Crippen LogP contribution in [-0.2, 0) is 0 Å². The summed E-state index contributed by atoms with van der Waals surface area (Å²) in [7, 11) is 0. The summed E-state index contributed by atoms with van der Waals surface area (Å²) in [6, 6.07) is 37.2. The minimum absolute atomic E-state index is 0. The summed E-state index contributed by atoms with van der Waals surface area (Å²) in [5.74, 6) is 0. The van der Waals surface area contributed by atoms with Crippen LogP contribution in [0.4, 0.5) is 0 Å². The molecule has 0 radical (unpaired) electrons. The van der Waals surface area contributed by atoms with Crippen LogP contribution in [0.2, 0.25) is 0 Å². The molecule has 0 saturated carbocycles. The number of benzene rings is 3. The predicted molar refractivity (Wildman–Crippen MR) is 118 cm³/mol. The van der Waals surface area contributed by atoms with E-state index in [0.29, 0.717) is 6.04 Å². The number of rotatable bonds is 5. The molecule has 4 aromatic rings. The van der Waals surface area contributed by atoms with Crippen LogP contribution in [0, 0.1) is 0 Å². The molecular formula is C27H26ClN. The first-order valence-corrected chi connectivity index (χ1v) is 10.0. The van der Waals surface area contributed by atoms with Gasteiger partial charge in [0.25, 0.3) is 0 Å². The first-order chi connectivity index (χ1) is 13.8. The Bertz CT molecular complexity index is 983. The predicted octanol–water partition coefficient (Wildman–Crippen LogP) is 3.95. The average Bonchev–Trinajstić information content (AvgIpc) is 2.79. The molecule has 1 heterocycles. The van der Waals surface area contributed by atoms with Gasteiger partial charge in [-0.1, -0.05) is 73.7 Å². The average molecular weight is 400 g/mol. The highest BCUT2D eigenvalue weighted by atomic mass is 35.5. The van der Waals surface area contributed by atoms with Crippen molar-refractivity contribution in [2.75, 3.05) is 0 Å². The molecular weight excluding hydrogens is 374 g/mol. The van der Waals surface area contributed by atoms with Crippen molar-refractivity contribution in [3.63, 3.8) is 0 Å². The lowest BCUT2D eigenvalue weighted by molar-refractivity contribution is -0.699. The highest BCUT2D eigenvalue weighted by Crippen LogP contribution is 2.30. The lowest BCUT2D eigenvalue weighted by Crippen LogP contribution is -3.00. The normalized spacial score (nSPS) is 11.5. The van der Waals surface area contributed by atoms with Crippen LogP contribution in [0.15, 0.2) is 103 Å². The van der Waals surface area contributed by atoms with Gasteiger partial charge in [0, 0.05) is 29.7 Å². The van der Waals surface area contributed by atoms with E-state index >= 15 is 0 Å². The molecule has 29 heavy (non-hydrogen) atoms. The van der Waals surface area contributed by atoms with Crippen molar-refractivity contribution in [2.24, 2.45) is 0 Å². The molecule has 1 nitrogen and oxygen atoms in total. The van der Waals surface area contributed by atoms with E-state index in [2.05, 4.69) is 122 Å². The highest BCUT2D eigenvalue weighted by molar-refractivity contribution is 5.73. The van der Waals surface area contributed by atoms with E-state index in [4.69, 9.17) is 0 Å². The summed E-state index contributed by atoms with van der Waals surface area (Å²) >= 11 is 0. The monoisotopic (exact) mass is 399 g/mol. The Kier molecular flexibility index (Phi) is 6.85. The molecule has 0 bridgehead atoms. The zero-order chi connectivity index (χ0) is 19.3. The second-order valence-electron chi connectivity index (χ2n) is 7.24. The van der Waals surface area contributed by atoms with Crippen molar-refractivity contribution < 1.29 is 17.0 Å². The fourth-order valence-electron chi connectivity index (χ4n) is 3.72. The van der Waals surface area contributed by atoms with Gasteiger partial charge in [-0.15, -0.1) is 0 Å². The molecule has 1 aromatic heterocycles. The molecule has 0 aliphatic carbocycles. The van der Waals surface area contributed by atoms with E-state index < -0.39 is 0 Å². The maximum atomic E-state index is 2.50. The number of pyridine rings is 1. The minimum atomic E-state index is 0. The molecule has 1 unspecified atom stereocenters. The zero-order valence-corrected chi connectivity index (χ0v) is 17.7. The van der Waals surface area contributed by atoms with Gasteiger partial charge in [-0.3, -0.25) is 0 Å². The lowest BCUT2D eigenvalue weighted by atomic mass is 9.98. The summed E-state index contributed by atoms with van der Waals surface area (Å²) in [6.45, 7) is 4.56. The summed E-state index contributed by atoms with van der Waals surface area (Å²) in [5.41, 5.74) is 7.51. The summed E-state index contributed by atoms with van der Waals surface area (Å²) in [4.78, 5) is 0. The topological polar surface area (TPSA) is 3.88 Å². The Labute approximate surface area is 180 Å². The van der Waals surface area contributed by atoms with Crippen molar-refractivity contribution >= 4 is 0 Å². The highest BCUT2D eigenvalue weighted by Gasteiger charge is 2.26. The first kappa shape index (κ1) is 20.8. The van der Waals surface area contributed by atoms with Gasteiger partial charge in [-0.05, 0) is 42.3 Å². The van der Waals surface area contributed by atoms with Crippen LogP contribution in [0.25, 0.3) is 33.6 Å². The molecule has 0 spiro atoms. The van der Waals surface area contributed by atoms with Gasteiger partial charge in [-0.2, -0.15) is 4.57 Å². The minimum Gasteiger partial charge on any atom is -1.00 e. The molecule has 0 fully saturated rings. The lowest BCUT2D eigenvalue weighted by Gasteiger charge is -2.16. The van der Waals surface area contributed by atoms with Crippen molar-refractivity contribution in [1.82, 2.24) is 0 Å².